The van der Waals surface area contributed by atoms with Gasteiger partial charge in [0.2, 0.25) is 11.8 Å². The number of amides is 2. The molecule has 264 valence electrons. The van der Waals surface area contributed by atoms with Crippen LogP contribution in [0.15, 0.2) is 60.8 Å². The van der Waals surface area contributed by atoms with E-state index in [0.717, 1.165) is 63.1 Å². The van der Waals surface area contributed by atoms with Crippen LogP contribution in [-0.4, -0.2) is 75.3 Å². The minimum atomic E-state index is -0.385. The lowest BCUT2D eigenvalue weighted by Gasteiger charge is -2.42. The van der Waals surface area contributed by atoms with Crippen LogP contribution in [0.3, 0.4) is 0 Å². The summed E-state index contributed by atoms with van der Waals surface area (Å²) < 4.78 is 22.5. The Morgan fingerprint density at radius 3 is 2.43 bits per heavy atom. The summed E-state index contributed by atoms with van der Waals surface area (Å²) >= 11 is 0. The number of pyridine rings is 1. The minimum absolute atomic E-state index is 0.0521. The fourth-order valence-corrected chi connectivity index (χ4v) is 8.62. The number of ether oxygens (including phenoxy) is 1. The van der Waals surface area contributed by atoms with Crippen molar-refractivity contribution in [2.24, 2.45) is 0 Å². The molecule has 5 heterocycles. The summed E-state index contributed by atoms with van der Waals surface area (Å²) in [7, 11) is 0. The lowest BCUT2D eigenvalue weighted by Crippen LogP contribution is -2.54. The van der Waals surface area contributed by atoms with Crippen molar-refractivity contribution in [2.75, 3.05) is 36.9 Å². The van der Waals surface area contributed by atoms with Crippen molar-refractivity contribution in [2.45, 2.75) is 75.3 Å². The third-order valence-corrected chi connectivity index (χ3v) is 11.3. The van der Waals surface area contributed by atoms with Crippen LogP contribution in [0.1, 0.15) is 74.3 Å². The molecule has 4 N–H and O–H groups in total. The van der Waals surface area contributed by atoms with E-state index in [1.165, 1.54) is 5.56 Å². The van der Waals surface area contributed by atoms with Crippen molar-refractivity contribution >= 4 is 23.3 Å². The first-order valence-electron chi connectivity index (χ1n) is 18.0. The molecule has 3 aliphatic heterocycles. The molecule has 3 fully saturated rings. The summed E-state index contributed by atoms with van der Waals surface area (Å²) in [6.45, 7) is 2.93. The van der Waals surface area contributed by atoms with Crippen molar-refractivity contribution < 1.29 is 23.8 Å². The van der Waals surface area contributed by atoms with Gasteiger partial charge in [0.05, 0.1) is 17.9 Å². The number of carbonyl (C=O) groups is 2. The number of nitrogen functional groups attached to an aromatic ring is 1. The second-order valence-electron chi connectivity index (χ2n) is 14.1. The number of nitrogens with two attached hydrogens (primary N) is 1. The topological polar surface area (TPSA) is 147 Å². The van der Waals surface area contributed by atoms with Crippen molar-refractivity contribution in [3.8, 4) is 34.0 Å². The van der Waals surface area contributed by atoms with Gasteiger partial charge in [-0.15, -0.1) is 10.2 Å². The van der Waals surface area contributed by atoms with E-state index < -0.39 is 0 Å². The highest BCUT2D eigenvalue weighted by molar-refractivity contribution is 6.02. The van der Waals surface area contributed by atoms with E-state index in [9.17, 15) is 14.7 Å². The van der Waals surface area contributed by atoms with Gasteiger partial charge in [-0.3, -0.25) is 19.9 Å². The number of fused-ring (bicyclic) bond motifs is 1. The van der Waals surface area contributed by atoms with Crippen LogP contribution in [0.2, 0.25) is 0 Å². The zero-order valence-electron chi connectivity index (χ0n) is 28.4. The number of hydrogen-bond acceptors (Lipinski definition) is 10. The maximum Gasteiger partial charge on any atom is 0.249 e. The van der Waals surface area contributed by atoms with Gasteiger partial charge in [0, 0.05) is 29.8 Å². The molecule has 0 radical (unpaired) electrons. The number of phenols is 1. The Hall–Kier alpha value is -5.10. The molecule has 11 nitrogen and oxygen atoms in total. The standard InChI is InChI=1S/C39H42FN7O4/c40-35-26(14-17-42-36(35)29-22-30(44-45-38(29)41)28-4-1-2-7-33(28)48)24-15-18-46(19-16-24)25-10-8-23(9-11-25)27-5-3-6-31-37(27)51-21-20-47(31)32-12-13-34(49)43-39(32)50/h1-7,14,17,22-25,32,48H,8-13,15-16,18-21H2,(H2,41,45)(H,43,49,50). The molecule has 1 aliphatic carbocycles. The molecule has 8 rings (SSSR count). The molecule has 1 unspecified atom stereocenters. The summed E-state index contributed by atoms with van der Waals surface area (Å²) in [5.74, 6) is 0.641. The van der Waals surface area contributed by atoms with Crippen molar-refractivity contribution in [1.82, 2.24) is 25.4 Å². The van der Waals surface area contributed by atoms with Gasteiger partial charge in [-0.2, -0.15) is 0 Å². The molecule has 4 aliphatic rings. The SMILES string of the molecule is Nc1nnc(-c2ccccc2O)cc1-c1nccc(C2CCN(C3CCC(c4cccc5c4OCCN5C4CCC(=O)NC4=O)CC3)CC2)c1F. The molecule has 1 saturated carbocycles. The number of aromatic nitrogens is 3. The number of phenolic OH excluding ortho intramolecular Hbond substituents is 1. The minimum Gasteiger partial charge on any atom is -0.507 e. The highest BCUT2D eigenvalue weighted by Gasteiger charge is 2.37. The Morgan fingerprint density at radius 1 is 0.863 bits per heavy atom. The van der Waals surface area contributed by atoms with E-state index in [2.05, 4.69) is 42.4 Å². The molecule has 2 amide bonds. The largest absolute Gasteiger partial charge is 0.507 e. The first-order chi connectivity index (χ1) is 24.9. The number of aromatic hydroxyl groups is 1. The Balaban J connectivity index is 0.914. The third kappa shape index (κ3) is 6.37. The summed E-state index contributed by atoms with van der Waals surface area (Å²) in [5, 5.41) is 21.0. The number of likely N-dealkylation sites (tertiary alicyclic amines) is 1. The monoisotopic (exact) mass is 691 g/mol. The quantitative estimate of drug-likeness (QED) is 0.220. The molecular formula is C39H42FN7O4. The maximum absolute atomic E-state index is 16.2. The zero-order valence-corrected chi connectivity index (χ0v) is 28.4. The van der Waals surface area contributed by atoms with Gasteiger partial charge in [-0.25, -0.2) is 4.39 Å². The molecule has 0 spiro atoms. The number of para-hydroxylation sites is 2. The van der Waals surface area contributed by atoms with E-state index in [0.29, 0.717) is 60.3 Å². The Labute approximate surface area is 296 Å². The summed E-state index contributed by atoms with van der Waals surface area (Å²) in [6.07, 6.45) is 8.47. The van der Waals surface area contributed by atoms with E-state index in [1.807, 2.05) is 6.07 Å². The first-order valence-corrected chi connectivity index (χ1v) is 18.0. The maximum atomic E-state index is 16.2. The molecule has 1 atom stereocenters. The molecule has 4 aromatic rings. The van der Waals surface area contributed by atoms with Gasteiger partial charge in [-0.05, 0) is 111 Å². The van der Waals surface area contributed by atoms with Crippen LogP contribution >= 0.6 is 0 Å². The normalized spacial score (nSPS) is 23.0. The van der Waals surface area contributed by atoms with Crippen LogP contribution in [-0.2, 0) is 9.59 Å². The fraction of sp³-hybridized carbons (Fsp3) is 0.410. The lowest BCUT2D eigenvalue weighted by atomic mass is 9.79. The summed E-state index contributed by atoms with van der Waals surface area (Å²) in [5.41, 5.74) is 10.3. The molecule has 2 saturated heterocycles. The first kappa shape index (κ1) is 33.1. The predicted octanol–water partition coefficient (Wildman–Crippen LogP) is 5.54. The average Bonchev–Trinajstić information content (AvgIpc) is 3.15. The van der Waals surface area contributed by atoms with E-state index in [1.54, 1.807) is 42.6 Å². The number of piperidine rings is 2. The molecule has 51 heavy (non-hydrogen) atoms. The number of anilines is 2. The van der Waals surface area contributed by atoms with Gasteiger partial charge in [0.1, 0.15) is 29.8 Å². The van der Waals surface area contributed by atoms with Crippen LogP contribution in [0.4, 0.5) is 15.9 Å². The molecular weight excluding hydrogens is 649 g/mol. The van der Waals surface area contributed by atoms with Crippen molar-refractivity contribution in [3.63, 3.8) is 0 Å². The lowest BCUT2D eigenvalue weighted by molar-refractivity contribution is -0.134. The number of carbonyl (C=O) groups excluding carboxylic acids is 2. The van der Waals surface area contributed by atoms with Crippen LogP contribution < -0.4 is 20.7 Å². The smallest absolute Gasteiger partial charge is 0.249 e. The number of imide groups is 1. The molecule has 2 aromatic heterocycles. The number of benzene rings is 2. The second-order valence-corrected chi connectivity index (χ2v) is 14.1. The highest BCUT2D eigenvalue weighted by atomic mass is 19.1. The van der Waals surface area contributed by atoms with Gasteiger partial charge in [-0.1, -0.05) is 24.3 Å². The van der Waals surface area contributed by atoms with Gasteiger partial charge >= 0.3 is 0 Å². The van der Waals surface area contributed by atoms with Crippen molar-refractivity contribution in [3.05, 3.63) is 77.7 Å². The Kier molecular flexibility index (Phi) is 9.01. The zero-order chi connectivity index (χ0) is 35.1. The second kappa shape index (κ2) is 13.9. The molecule has 12 heteroatoms. The van der Waals surface area contributed by atoms with Gasteiger partial charge in [0.15, 0.2) is 11.6 Å². The van der Waals surface area contributed by atoms with E-state index in [-0.39, 0.29) is 46.9 Å². The number of rotatable bonds is 6. The average molecular weight is 692 g/mol. The molecule has 2 aromatic carbocycles. The number of nitrogens with one attached hydrogen (secondary N) is 1. The number of hydrogen-bond donors (Lipinski definition) is 3. The van der Waals surface area contributed by atoms with Gasteiger partial charge < -0.3 is 25.4 Å². The predicted molar refractivity (Wildman–Crippen MR) is 191 cm³/mol. The summed E-state index contributed by atoms with van der Waals surface area (Å²) in [6, 6.07) is 16.6. The van der Waals surface area contributed by atoms with Gasteiger partial charge in [0.25, 0.3) is 0 Å². The van der Waals surface area contributed by atoms with Crippen LogP contribution in [0.5, 0.6) is 11.5 Å². The fourth-order valence-electron chi connectivity index (χ4n) is 8.62. The molecule has 0 bridgehead atoms. The summed E-state index contributed by atoms with van der Waals surface area (Å²) in [4.78, 5) is 33.5. The number of nitrogens with zero attached hydrogens (tertiary/aromatic N) is 5. The Morgan fingerprint density at radius 2 is 1.65 bits per heavy atom. The third-order valence-electron chi connectivity index (χ3n) is 11.3. The van der Waals surface area contributed by atoms with Crippen LogP contribution in [0, 0.1) is 5.82 Å². The Bertz CT molecular complexity index is 1960. The number of halogens is 1. The van der Waals surface area contributed by atoms with Crippen molar-refractivity contribution in [1.29, 1.82) is 0 Å². The van der Waals surface area contributed by atoms with E-state index >= 15 is 4.39 Å². The highest BCUT2D eigenvalue weighted by Crippen LogP contribution is 2.46. The van der Waals surface area contributed by atoms with E-state index in [4.69, 9.17) is 10.5 Å². The van der Waals surface area contributed by atoms with Crippen LogP contribution in [0.25, 0.3) is 22.5 Å².